The number of hydrogen-bond acceptors (Lipinski definition) is 5. The Kier molecular flexibility index (Phi) is 13.3. The van der Waals surface area contributed by atoms with Gasteiger partial charge in [-0.1, -0.05) is 34.1 Å². The molecule has 0 radical (unpaired) electrons. The van der Waals surface area contributed by atoms with E-state index in [-0.39, 0.29) is 25.5 Å². The minimum absolute atomic E-state index is 0.158. The molecule has 0 aliphatic carbocycles. The van der Waals surface area contributed by atoms with Crippen molar-refractivity contribution in [2.45, 2.75) is 73.3 Å². The molecule has 136 valence electrons. The highest BCUT2D eigenvalue weighted by Crippen LogP contribution is 2.32. The highest BCUT2D eigenvalue weighted by Gasteiger charge is 2.57. The first kappa shape index (κ1) is 23.7. The van der Waals surface area contributed by atoms with Crippen molar-refractivity contribution < 1.29 is 23.9 Å². The molecule has 0 atom stereocenters. The zero-order valence-electron chi connectivity index (χ0n) is 15.7. The van der Waals surface area contributed by atoms with Gasteiger partial charge in [0.15, 0.2) is 0 Å². The summed E-state index contributed by atoms with van der Waals surface area (Å²) in [6.07, 6.45) is 2.08. The van der Waals surface area contributed by atoms with Crippen molar-refractivity contribution in [2.75, 3.05) is 19.8 Å². The molecule has 23 heavy (non-hydrogen) atoms. The molecule has 6 heteroatoms. The van der Waals surface area contributed by atoms with Gasteiger partial charge in [0.1, 0.15) is 0 Å². The van der Waals surface area contributed by atoms with Crippen molar-refractivity contribution in [1.82, 2.24) is 4.90 Å². The Bertz CT molecular complexity index is 350. The Labute approximate surface area is 140 Å². The Hall–Kier alpha value is -1.59. The van der Waals surface area contributed by atoms with E-state index >= 15 is 0 Å². The maximum atomic E-state index is 12.1. The molecule has 0 aromatic carbocycles. The molecule has 1 fully saturated rings. The maximum absolute atomic E-state index is 12.1. The average Bonchev–Trinajstić information content (AvgIpc) is 2.97. The van der Waals surface area contributed by atoms with Crippen LogP contribution in [0, 0.1) is 0 Å². The first-order valence-corrected chi connectivity index (χ1v) is 8.54. The van der Waals surface area contributed by atoms with E-state index in [0.717, 1.165) is 0 Å². The average molecular weight is 331 g/mol. The quantitative estimate of drug-likeness (QED) is 0.585. The number of amides is 1. The Morgan fingerprint density at radius 3 is 1.65 bits per heavy atom. The summed E-state index contributed by atoms with van der Waals surface area (Å²) in [6, 6.07) is 0. The van der Waals surface area contributed by atoms with E-state index in [2.05, 4.69) is 13.8 Å². The summed E-state index contributed by atoms with van der Waals surface area (Å²) in [7, 11) is 0. The Morgan fingerprint density at radius 1 is 0.957 bits per heavy atom. The predicted octanol–water partition coefficient (Wildman–Crippen LogP) is 2.94. The van der Waals surface area contributed by atoms with Crippen molar-refractivity contribution in [1.29, 1.82) is 0 Å². The second-order valence-electron chi connectivity index (χ2n) is 4.78. The van der Waals surface area contributed by atoms with E-state index in [1.165, 1.54) is 18.2 Å². The molecule has 0 aromatic rings. The highest BCUT2D eigenvalue weighted by molar-refractivity contribution is 6.08. The predicted molar refractivity (Wildman–Crippen MR) is 89.9 cm³/mol. The fraction of sp³-hybridized carbons (Fsp3) is 0.824. The van der Waals surface area contributed by atoms with Crippen LogP contribution in [0.3, 0.4) is 0 Å². The van der Waals surface area contributed by atoms with Crippen molar-refractivity contribution in [3.05, 3.63) is 0 Å². The van der Waals surface area contributed by atoms with Crippen LogP contribution >= 0.6 is 0 Å². The molecule has 0 spiro atoms. The molecule has 0 unspecified atom stereocenters. The topological polar surface area (TPSA) is 72.9 Å². The van der Waals surface area contributed by atoms with Crippen LogP contribution < -0.4 is 0 Å². The van der Waals surface area contributed by atoms with Crippen molar-refractivity contribution >= 4 is 17.8 Å². The number of likely N-dealkylation sites (tertiary alicyclic amines) is 1. The van der Waals surface area contributed by atoms with Gasteiger partial charge in [0.2, 0.25) is 11.4 Å². The molecule has 1 aliphatic rings. The monoisotopic (exact) mass is 331 g/mol. The number of carbonyl (C=O) groups is 3. The lowest BCUT2D eigenvalue weighted by Crippen LogP contribution is -2.59. The second kappa shape index (κ2) is 12.9. The van der Waals surface area contributed by atoms with E-state index in [1.807, 2.05) is 13.8 Å². The van der Waals surface area contributed by atoms with Crippen molar-refractivity contribution in [3.63, 3.8) is 0 Å². The fourth-order valence-corrected chi connectivity index (χ4v) is 2.25. The zero-order valence-corrected chi connectivity index (χ0v) is 15.7. The van der Waals surface area contributed by atoms with Gasteiger partial charge in [-0.3, -0.25) is 4.79 Å². The van der Waals surface area contributed by atoms with Gasteiger partial charge in [-0.2, -0.15) is 0 Å². The number of rotatable bonds is 4. The standard InChI is InChI=1S/C12H19NO5.C3H8.C2H6/c1-4-17-10(15)12(11(16)18-5-2)7-6-8-13(12)9(3)14;1-3-2;1-2/h4-8H2,1-3H3;3H2,1-2H3;1-2H3. The van der Waals surface area contributed by atoms with Gasteiger partial charge in [0.05, 0.1) is 13.2 Å². The van der Waals surface area contributed by atoms with Crippen LogP contribution in [0.1, 0.15) is 67.7 Å². The van der Waals surface area contributed by atoms with Gasteiger partial charge in [-0.05, 0) is 26.7 Å². The smallest absolute Gasteiger partial charge is 0.343 e. The molecule has 1 saturated heterocycles. The summed E-state index contributed by atoms with van der Waals surface area (Å²) in [4.78, 5) is 37.0. The number of hydrogen-bond donors (Lipinski definition) is 0. The number of ether oxygens (including phenoxy) is 2. The lowest BCUT2D eigenvalue weighted by molar-refractivity contribution is -0.176. The van der Waals surface area contributed by atoms with Crippen LogP contribution in [0.2, 0.25) is 0 Å². The fourth-order valence-electron chi connectivity index (χ4n) is 2.25. The first-order chi connectivity index (χ1) is 10.9. The molecular formula is C17H33NO5. The van der Waals surface area contributed by atoms with E-state index in [0.29, 0.717) is 13.0 Å². The molecule has 1 aliphatic heterocycles. The van der Waals surface area contributed by atoms with Crippen LogP contribution in [0.4, 0.5) is 0 Å². The minimum Gasteiger partial charge on any atom is -0.464 e. The lowest BCUT2D eigenvalue weighted by atomic mass is 9.96. The SMILES string of the molecule is CC.CCC.CCOC(=O)C1(C(=O)OCC)CCCN1C(C)=O. The van der Waals surface area contributed by atoms with Crippen LogP contribution in [0.5, 0.6) is 0 Å². The van der Waals surface area contributed by atoms with Gasteiger partial charge in [-0.15, -0.1) is 0 Å². The van der Waals surface area contributed by atoms with Gasteiger partial charge in [-0.25, -0.2) is 9.59 Å². The normalized spacial score (nSPS) is 14.7. The van der Waals surface area contributed by atoms with Crippen LogP contribution in [-0.4, -0.2) is 48.0 Å². The summed E-state index contributed by atoms with van der Waals surface area (Å²) in [6.45, 7) is 13.6. The third kappa shape index (κ3) is 6.20. The molecule has 0 bridgehead atoms. The molecule has 0 aromatic heterocycles. The lowest BCUT2D eigenvalue weighted by Gasteiger charge is -2.33. The summed E-state index contributed by atoms with van der Waals surface area (Å²) in [5, 5.41) is 0. The third-order valence-corrected chi connectivity index (χ3v) is 2.99. The minimum atomic E-state index is -1.59. The number of esters is 2. The van der Waals surface area contributed by atoms with Gasteiger partial charge >= 0.3 is 11.9 Å². The third-order valence-electron chi connectivity index (χ3n) is 2.99. The van der Waals surface area contributed by atoms with Gasteiger partial charge < -0.3 is 14.4 Å². The molecule has 1 rings (SSSR count). The van der Waals surface area contributed by atoms with Crippen LogP contribution in [-0.2, 0) is 23.9 Å². The second-order valence-corrected chi connectivity index (χ2v) is 4.78. The summed E-state index contributed by atoms with van der Waals surface area (Å²) < 4.78 is 9.89. The molecule has 1 amide bonds. The molecule has 0 N–H and O–H groups in total. The van der Waals surface area contributed by atoms with E-state index < -0.39 is 17.5 Å². The molecular weight excluding hydrogens is 298 g/mol. The van der Waals surface area contributed by atoms with Gasteiger partial charge in [0.25, 0.3) is 0 Å². The van der Waals surface area contributed by atoms with Crippen molar-refractivity contribution in [2.24, 2.45) is 0 Å². The van der Waals surface area contributed by atoms with E-state index in [1.54, 1.807) is 13.8 Å². The molecule has 0 saturated carbocycles. The maximum Gasteiger partial charge on any atom is 0.343 e. The summed E-state index contributed by atoms with van der Waals surface area (Å²) in [5.74, 6) is -1.72. The molecule has 6 nitrogen and oxygen atoms in total. The largest absolute Gasteiger partial charge is 0.464 e. The van der Waals surface area contributed by atoms with Gasteiger partial charge in [0, 0.05) is 13.5 Å². The van der Waals surface area contributed by atoms with Crippen molar-refractivity contribution in [3.8, 4) is 0 Å². The van der Waals surface area contributed by atoms with Crippen LogP contribution in [0.15, 0.2) is 0 Å². The highest BCUT2D eigenvalue weighted by atomic mass is 16.6. The molecule has 1 heterocycles. The number of carbonyl (C=O) groups excluding carboxylic acids is 3. The number of nitrogens with zero attached hydrogens (tertiary/aromatic N) is 1. The summed E-state index contributed by atoms with van der Waals surface area (Å²) in [5.41, 5.74) is -1.59. The first-order valence-electron chi connectivity index (χ1n) is 8.54. The van der Waals surface area contributed by atoms with E-state index in [9.17, 15) is 14.4 Å². The zero-order chi connectivity index (χ0) is 18.5. The van der Waals surface area contributed by atoms with E-state index in [4.69, 9.17) is 9.47 Å². The summed E-state index contributed by atoms with van der Waals surface area (Å²) >= 11 is 0. The Balaban J connectivity index is 0. The Morgan fingerprint density at radius 2 is 1.35 bits per heavy atom. The van der Waals surface area contributed by atoms with Crippen LogP contribution in [0.25, 0.3) is 0 Å².